The molecule has 1 fully saturated rings. The van der Waals surface area contributed by atoms with Gasteiger partial charge in [-0.05, 0) is 29.5 Å². The van der Waals surface area contributed by atoms with Crippen LogP contribution in [-0.4, -0.2) is 25.7 Å². The monoisotopic (exact) mass is 261 g/mol. The molecule has 1 saturated heterocycles. The highest BCUT2D eigenvalue weighted by Crippen LogP contribution is 2.25. The van der Waals surface area contributed by atoms with Gasteiger partial charge in [0.25, 0.3) is 0 Å². The predicted octanol–water partition coefficient (Wildman–Crippen LogP) is 1.66. The normalized spacial score (nSPS) is 20.9. The third kappa shape index (κ3) is 3.07. The quantitative estimate of drug-likeness (QED) is 0.896. The van der Waals surface area contributed by atoms with Crippen LogP contribution in [0.4, 0.5) is 0 Å². The summed E-state index contributed by atoms with van der Waals surface area (Å²) in [7, 11) is 0. The van der Waals surface area contributed by atoms with E-state index in [4.69, 9.17) is 9.47 Å². The van der Waals surface area contributed by atoms with E-state index in [1.54, 1.807) is 0 Å². The van der Waals surface area contributed by atoms with Crippen LogP contribution in [0.5, 0.6) is 5.75 Å². The van der Waals surface area contributed by atoms with E-state index in [0.29, 0.717) is 18.9 Å². The summed E-state index contributed by atoms with van der Waals surface area (Å²) in [4.78, 5) is 11.8. The van der Waals surface area contributed by atoms with Gasteiger partial charge in [-0.2, -0.15) is 0 Å². The maximum absolute atomic E-state index is 11.8. The second-order valence-electron chi connectivity index (χ2n) is 5.25. The zero-order valence-electron chi connectivity index (χ0n) is 11.0. The molecule has 19 heavy (non-hydrogen) atoms. The van der Waals surface area contributed by atoms with E-state index >= 15 is 0 Å². The highest BCUT2D eigenvalue weighted by molar-refractivity contribution is 5.76. The van der Waals surface area contributed by atoms with Crippen molar-refractivity contribution in [2.75, 3.05) is 19.8 Å². The first-order valence-electron chi connectivity index (χ1n) is 6.90. The standard InChI is InChI=1S/C15H19NO3/c17-15(8-12-3-5-18-10-12)16-9-11-1-2-14-13(7-11)4-6-19-14/h1-2,7,12H,3-6,8-10H2,(H,16,17)/t12-/m0/s1. The molecule has 0 radical (unpaired) electrons. The van der Waals surface area contributed by atoms with Crippen molar-refractivity contribution in [3.05, 3.63) is 29.3 Å². The number of fused-ring (bicyclic) bond motifs is 1. The van der Waals surface area contributed by atoms with Gasteiger partial charge in [0.05, 0.1) is 6.61 Å². The van der Waals surface area contributed by atoms with Crippen molar-refractivity contribution in [2.24, 2.45) is 5.92 Å². The number of carbonyl (C=O) groups excluding carboxylic acids is 1. The van der Waals surface area contributed by atoms with Crippen LogP contribution in [0.2, 0.25) is 0 Å². The minimum atomic E-state index is 0.118. The first-order valence-corrected chi connectivity index (χ1v) is 6.90. The van der Waals surface area contributed by atoms with Gasteiger partial charge in [0.15, 0.2) is 0 Å². The lowest BCUT2D eigenvalue weighted by Crippen LogP contribution is -2.25. The molecular formula is C15H19NO3. The average Bonchev–Trinajstić information content (AvgIpc) is 3.06. The first kappa shape index (κ1) is 12.5. The van der Waals surface area contributed by atoms with Crippen LogP contribution in [-0.2, 0) is 22.5 Å². The summed E-state index contributed by atoms with van der Waals surface area (Å²) in [6, 6.07) is 6.14. The smallest absolute Gasteiger partial charge is 0.220 e. The third-order valence-corrected chi connectivity index (χ3v) is 3.74. The van der Waals surface area contributed by atoms with Crippen molar-refractivity contribution in [1.82, 2.24) is 5.32 Å². The second-order valence-corrected chi connectivity index (χ2v) is 5.25. The van der Waals surface area contributed by atoms with Crippen LogP contribution in [0.15, 0.2) is 18.2 Å². The molecule has 0 spiro atoms. The second kappa shape index (κ2) is 5.61. The Labute approximate surface area is 113 Å². The van der Waals surface area contributed by atoms with Crippen LogP contribution < -0.4 is 10.1 Å². The summed E-state index contributed by atoms with van der Waals surface area (Å²) in [6.07, 6.45) is 2.55. The van der Waals surface area contributed by atoms with Gasteiger partial charge in [0.1, 0.15) is 5.75 Å². The summed E-state index contributed by atoms with van der Waals surface area (Å²) in [6.45, 7) is 2.89. The van der Waals surface area contributed by atoms with Gasteiger partial charge in [0, 0.05) is 32.6 Å². The molecule has 102 valence electrons. The summed E-state index contributed by atoms with van der Waals surface area (Å²) >= 11 is 0. The summed E-state index contributed by atoms with van der Waals surface area (Å²) in [5, 5.41) is 2.98. The van der Waals surface area contributed by atoms with E-state index in [1.807, 2.05) is 12.1 Å². The van der Waals surface area contributed by atoms with Crippen LogP contribution in [0.25, 0.3) is 0 Å². The Hall–Kier alpha value is -1.55. The van der Waals surface area contributed by atoms with Gasteiger partial charge in [-0.15, -0.1) is 0 Å². The fourth-order valence-corrected chi connectivity index (χ4v) is 2.63. The number of amides is 1. The topological polar surface area (TPSA) is 47.6 Å². The van der Waals surface area contributed by atoms with Crippen LogP contribution >= 0.6 is 0 Å². The van der Waals surface area contributed by atoms with E-state index in [1.165, 1.54) is 5.56 Å². The van der Waals surface area contributed by atoms with Crippen LogP contribution in [0.3, 0.4) is 0 Å². The largest absolute Gasteiger partial charge is 0.493 e. The maximum atomic E-state index is 11.8. The fourth-order valence-electron chi connectivity index (χ4n) is 2.63. The molecule has 1 amide bonds. The lowest BCUT2D eigenvalue weighted by Gasteiger charge is -2.09. The Bertz CT molecular complexity index is 466. The van der Waals surface area contributed by atoms with Gasteiger partial charge in [0.2, 0.25) is 5.91 Å². The zero-order chi connectivity index (χ0) is 13.1. The molecule has 0 aliphatic carbocycles. The van der Waals surface area contributed by atoms with Gasteiger partial charge in [-0.3, -0.25) is 4.79 Å². The molecule has 1 atom stereocenters. The van der Waals surface area contributed by atoms with Crippen molar-refractivity contribution in [3.63, 3.8) is 0 Å². The van der Waals surface area contributed by atoms with Crippen molar-refractivity contribution < 1.29 is 14.3 Å². The van der Waals surface area contributed by atoms with Crippen LogP contribution in [0.1, 0.15) is 24.0 Å². The predicted molar refractivity (Wildman–Crippen MR) is 71.0 cm³/mol. The summed E-state index contributed by atoms with van der Waals surface area (Å²) in [5.41, 5.74) is 2.39. The van der Waals surface area contributed by atoms with E-state index in [2.05, 4.69) is 11.4 Å². The van der Waals surface area contributed by atoms with E-state index in [-0.39, 0.29) is 5.91 Å². The lowest BCUT2D eigenvalue weighted by atomic mass is 10.0. The summed E-state index contributed by atoms with van der Waals surface area (Å²) < 4.78 is 10.7. The Morgan fingerprint density at radius 1 is 1.37 bits per heavy atom. The maximum Gasteiger partial charge on any atom is 0.220 e. The van der Waals surface area contributed by atoms with Crippen molar-refractivity contribution in [1.29, 1.82) is 0 Å². The van der Waals surface area contributed by atoms with Crippen molar-refractivity contribution >= 4 is 5.91 Å². The number of benzene rings is 1. The highest BCUT2D eigenvalue weighted by atomic mass is 16.5. The van der Waals surface area contributed by atoms with Gasteiger partial charge in [-0.1, -0.05) is 12.1 Å². The first-order chi connectivity index (χ1) is 9.31. The third-order valence-electron chi connectivity index (χ3n) is 3.74. The summed E-state index contributed by atoms with van der Waals surface area (Å²) in [5.74, 6) is 1.50. The molecule has 0 saturated carbocycles. The van der Waals surface area contributed by atoms with Gasteiger partial charge >= 0.3 is 0 Å². The van der Waals surface area contributed by atoms with E-state index < -0.39 is 0 Å². The minimum absolute atomic E-state index is 0.118. The molecule has 1 aromatic rings. The molecule has 4 heteroatoms. The lowest BCUT2D eigenvalue weighted by molar-refractivity contribution is -0.122. The number of nitrogens with one attached hydrogen (secondary N) is 1. The van der Waals surface area contributed by atoms with Gasteiger partial charge in [-0.25, -0.2) is 0 Å². The molecular weight excluding hydrogens is 242 g/mol. The average molecular weight is 261 g/mol. The molecule has 2 heterocycles. The van der Waals surface area contributed by atoms with E-state index in [9.17, 15) is 4.79 Å². The molecule has 4 nitrogen and oxygen atoms in total. The Morgan fingerprint density at radius 2 is 2.32 bits per heavy atom. The Kier molecular flexibility index (Phi) is 3.69. The molecule has 2 aliphatic rings. The van der Waals surface area contributed by atoms with Crippen LogP contribution in [0, 0.1) is 5.92 Å². The number of rotatable bonds is 4. The number of carbonyl (C=O) groups is 1. The Balaban J connectivity index is 1.50. The minimum Gasteiger partial charge on any atom is -0.493 e. The number of hydrogen-bond donors (Lipinski definition) is 1. The number of ether oxygens (including phenoxy) is 2. The van der Waals surface area contributed by atoms with Crippen molar-refractivity contribution in [3.8, 4) is 5.75 Å². The highest BCUT2D eigenvalue weighted by Gasteiger charge is 2.19. The molecule has 2 aliphatic heterocycles. The zero-order valence-corrected chi connectivity index (χ0v) is 11.0. The van der Waals surface area contributed by atoms with Gasteiger partial charge < -0.3 is 14.8 Å². The molecule has 0 unspecified atom stereocenters. The van der Waals surface area contributed by atoms with E-state index in [0.717, 1.165) is 44.0 Å². The molecule has 1 N–H and O–H groups in total. The Morgan fingerprint density at radius 3 is 3.16 bits per heavy atom. The van der Waals surface area contributed by atoms with Crippen molar-refractivity contribution in [2.45, 2.75) is 25.8 Å². The molecule has 1 aromatic carbocycles. The fraction of sp³-hybridized carbons (Fsp3) is 0.533. The number of hydrogen-bond acceptors (Lipinski definition) is 3. The molecule has 0 aromatic heterocycles. The molecule has 0 bridgehead atoms. The SMILES string of the molecule is O=C(C[C@@H]1CCOC1)NCc1ccc2c(c1)CCO2. The molecule has 3 rings (SSSR count).